The van der Waals surface area contributed by atoms with Crippen LogP contribution >= 0.6 is 0 Å². The maximum Gasteiger partial charge on any atom is 0.101 e. The van der Waals surface area contributed by atoms with Gasteiger partial charge < -0.3 is 4.74 Å². The van der Waals surface area contributed by atoms with Gasteiger partial charge in [0.1, 0.15) is 5.69 Å². The molecule has 0 saturated carbocycles. The number of hydrogen-bond donors (Lipinski definition) is 3. The van der Waals surface area contributed by atoms with Crippen LogP contribution in [0.1, 0.15) is 25.1 Å². The fourth-order valence-electron chi connectivity index (χ4n) is 1.37. The van der Waals surface area contributed by atoms with Crippen LogP contribution in [-0.4, -0.2) is 29.1 Å². The summed E-state index contributed by atoms with van der Waals surface area (Å²) in [6.45, 7) is 2.81. The summed E-state index contributed by atoms with van der Waals surface area (Å²) in [6, 6.07) is 0.0175. The van der Waals surface area contributed by atoms with Crippen molar-refractivity contribution in [3.8, 4) is 0 Å². The van der Waals surface area contributed by atoms with E-state index >= 15 is 0 Å². The average molecular weight is 199 g/mol. The van der Waals surface area contributed by atoms with Crippen molar-refractivity contribution in [1.82, 2.24) is 20.8 Å². The third kappa shape index (κ3) is 2.76. The van der Waals surface area contributed by atoms with Crippen molar-refractivity contribution in [3.63, 3.8) is 0 Å². The van der Waals surface area contributed by atoms with Crippen LogP contribution in [-0.2, 0) is 4.74 Å². The van der Waals surface area contributed by atoms with E-state index in [4.69, 9.17) is 10.6 Å². The van der Waals surface area contributed by atoms with Crippen molar-refractivity contribution in [2.75, 3.05) is 13.7 Å². The van der Waals surface area contributed by atoms with E-state index in [0.29, 0.717) is 5.92 Å². The van der Waals surface area contributed by atoms with Gasteiger partial charge in [0.2, 0.25) is 0 Å². The van der Waals surface area contributed by atoms with Crippen LogP contribution in [0.25, 0.3) is 0 Å². The minimum absolute atomic E-state index is 0.0175. The highest BCUT2D eigenvalue weighted by Crippen LogP contribution is 2.20. The lowest BCUT2D eigenvalue weighted by Gasteiger charge is -2.20. The summed E-state index contributed by atoms with van der Waals surface area (Å²) >= 11 is 0. The lowest BCUT2D eigenvalue weighted by atomic mass is 9.97. The first-order chi connectivity index (χ1) is 6.79. The summed E-state index contributed by atoms with van der Waals surface area (Å²) in [5.41, 5.74) is 3.56. The second kappa shape index (κ2) is 5.69. The molecule has 14 heavy (non-hydrogen) atoms. The predicted molar refractivity (Wildman–Crippen MR) is 52.1 cm³/mol. The number of rotatable bonds is 6. The molecule has 0 bridgehead atoms. The molecule has 80 valence electrons. The summed E-state index contributed by atoms with van der Waals surface area (Å²) in [4.78, 5) is 0. The van der Waals surface area contributed by atoms with Gasteiger partial charge in [-0.15, -0.1) is 0 Å². The third-order valence-corrected chi connectivity index (χ3v) is 2.28. The molecule has 6 nitrogen and oxygen atoms in total. The van der Waals surface area contributed by atoms with Gasteiger partial charge in [-0.1, -0.05) is 6.92 Å². The first-order valence-corrected chi connectivity index (χ1v) is 4.60. The molecule has 0 radical (unpaired) electrons. The largest absolute Gasteiger partial charge is 0.385 e. The number of nitrogens with one attached hydrogen (secondary N) is 2. The quantitative estimate of drug-likeness (QED) is 0.442. The Morgan fingerprint density at radius 3 is 3.00 bits per heavy atom. The molecule has 1 rings (SSSR count). The number of H-pyrrole nitrogens is 1. The van der Waals surface area contributed by atoms with Crippen LogP contribution in [0.4, 0.5) is 0 Å². The van der Waals surface area contributed by atoms with E-state index in [2.05, 4.69) is 27.8 Å². The number of hydrogen-bond acceptors (Lipinski definition) is 5. The van der Waals surface area contributed by atoms with Gasteiger partial charge in [0.15, 0.2) is 0 Å². The van der Waals surface area contributed by atoms with Crippen LogP contribution in [0, 0.1) is 5.92 Å². The molecule has 0 aromatic carbocycles. The van der Waals surface area contributed by atoms with E-state index in [1.165, 1.54) is 0 Å². The lowest BCUT2D eigenvalue weighted by Crippen LogP contribution is -2.33. The number of ether oxygens (including phenoxy) is 1. The molecule has 2 atom stereocenters. The van der Waals surface area contributed by atoms with Gasteiger partial charge in [-0.3, -0.25) is 11.3 Å². The monoisotopic (exact) mass is 199 g/mol. The molecule has 4 N–H and O–H groups in total. The number of methoxy groups -OCH3 is 1. The summed E-state index contributed by atoms with van der Waals surface area (Å²) in [5, 5.41) is 10.3. The molecule has 1 aromatic rings. The normalized spacial score (nSPS) is 15.4. The van der Waals surface area contributed by atoms with E-state index in [1.54, 1.807) is 13.3 Å². The van der Waals surface area contributed by atoms with Gasteiger partial charge >= 0.3 is 0 Å². The number of nitrogens with two attached hydrogens (primary N) is 1. The Labute approximate surface area is 83.2 Å². The minimum atomic E-state index is 0.0175. The molecular weight excluding hydrogens is 182 g/mol. The highest BCUT2D eigenvalue weighted by atomic mass is 16.5. The fraction of sp³-hybridized carbons (Fsp3) is 0.750. The molecular formula is C8H17N5O. The van der Waals surface area contributed by atoms with Crippen molar-refractivity contribution >= 4 is 0 Å². The van der Waals surface area contributed by atoms with Gasteiger partial charge in [0, 0.05) is 13.7 Å². The van der Waals surface area contributed by atoms with E-state index in [1.807, 2.05) is 0 Å². The van der Waals surface area contributed by atoms with Gasteiger partial charge in [-0.25, -0.2) is 0 Å². The topological polar surface area (TPSA) is 88.9 Å². The smallest absolute Gasteiger partial charge is 0.101 e. The number of nitrogens with zero attached hydrogens (tertiary/aromatic N) is 2. The molecule has 0 amide bonds. The SMILES string of the molecule is COCCC(C)C(NN)c1cn[nH]n1. The zero-order chi connectivity index (χ0) is 10.4. The van der Waals surface area contributed by atoms with Crippen LogP contribution in [0.3, 0.4) is 0 Å². The Hall–Kier alpha value is -0.980. The first-order valence-electron chi connectivity index (χ1n) is 4.60. The molecule has 6 heteroatoms. The molecule has 0 aliphatic heterocycles. The van der Waals surface area contributed by atoms with Crippen molar-refractivity contribution in [2.24, 2.45) is 11.8 Å². The second-order valence-electron chi connectivity index (χ2n) is 3.30. The minimum Gasteiger partial charge on any atom is -0.385 e. The highest BCUT2D eigenvalue weighted by Gasteiger charge is 2.19. The molecule has 0 saturated heterocycles. The van der Waals surface area contributed by atoms with Gasteiger partial charge in [0.05, 0.1) is 12.2 Å². The molecule has 0 fully saturated rings. The Morgan fingerprint density at radius 2 is 2.50 bits per heavy atom. The number of aromatic nitrogens is 3. The standard InChI is InChI=1S/C8H17N5O/c1-6(3-4-14-2)8(11-9)7-5-10-13-12-7/h5-6,8,11H,3-4,9H2,1-2H3,(H,10,12,13). The summed E-state index contributed by atoms with van der Waals surface area (Å²) in [7, 11) is 1.69. The third-order valence-electron chi connectivity index (χ3n) is 2.28. The molecule has 1 heterocycles. The summed E-state index contributed by atoms with van der Waals surface area (Å²) in [5.74, 6) is 5.82. The van der Waals surface area contributed by atoms with E-state index in [-0.39, 0.29) is 6.04 Å². The van der Waals surface area contributed by atoms with Crippen LogP contribution in [0.5, 0.6) is 0 Å². The zero-order valence-electron chi connectivity index (χ0n) is 8.53. The Kier molecular flexibility index (Phi) is 4.51. The predicted octanol–water partition coefficient (Wildman–Crippen LogP) is -0.0183. The van der Waals surface area contributed by atoms with Crippen LogP contribution in [0.2, 0.25) is 0 Å². The average Bonchev–Trinajstić information content (AvgIpc) is 2.69. The Bertz CT molecular complexity index is 238. The molecule has 0 aliphatic carbocycles. The van der Waals surface area contributed by atoms with Crippen molar-refractivity contribution in [2.45, 2.75) is 19.4 Å². The molecule has 1 aromatic heterocycles. The molecule has 2 unspecified atom stereocenters. The van der Waals surface area contributed by atoms with Crippen LogP contribution in [0.15, 0.2) is 6.20 Å². The second-order valence-corrected chi connectivity index (χ2v) is 3.30. The van der Waals surface area contributed by atoms with E-state index < -0.39 is 0 Å². The number of hydrazine groups is 1. The molecule has 0 spiro atoms. The highest BCUT2D eigenvalue weighted by molar-refractivity contribution is 5.00. The Morgan fingerprint density at radius 1 is 1.71 bits per heavy atom. The molecule has 0 aliphatic rings. The summed E-state index contributed by atoms with van der Waals surface area (Å²) < 4.78 is 5.01. The maximum absolute atomic E-state index is 5.46. The first kappa shape index (κ1) is 11.1. The summed E-state index contributed by atoms with van der Waals surface area (Å²) in [6.07, 6.45) is 2.60. The van der Waals surface area contributed by atoms with Crippen LogP contribution < -0.4 is 11.3 Å². The Balaban J connectivity index is 2.53. The fourth-order valence-corrected chi connectivity index (χ4v) is 1.37. The van der Waals surface area contributed by atoms with Crippen molar-refractivity contribution in [1.29, 1.82) is 0 Å². The van der Waals surface area contributed by atoms with Gasteiger partial charge in [-0.2, -0.15) is 15.4 Å². The van der Waals surface area contributed by atoms with E-state index in [9.17, 15) is 0 Å². The van der Waals surface area contributed by atoms with Crippen molar-refractivity contribution in [3.05, 3.63) is 11.9 Å². The number of aromatic amines is 1. The maximum atomic E-state index is 5.46. The zero-order valence-corrected chi connectivity index (χ0v) is 8.53. The van der Waals surface area contributed by atoms with Crippen molar-refractivity contribution < 1.29 is 4.74 Å². The van der Waals surface area contributed by atoms with Gasteiger partial charge in [-0.05, 0) is 12.3 Å². The van der Waals surface area contributed by atoms with E-state index in [0.717, 1.165) is 18.7 Å². The van der Waals surface area contributed by atoms with Gasteiger partial charge in [0.25, 0.3) is 0 Å². The lowest BCUT2D eigenvalue weighted by molar-refractivity contribution is 0.169.